The third kappa shape index (κ3) is 3.06. The summed E-state index contributed by atoms with van der Waals surface area (Å²) >= 11 is 0. The quantitative estimate of drug-likeness (QED) is 0.828. The second-order valence-electron chi connectivity index (χ2n) is 5.35. The third-order valence-electron chi connectivity index (χ3n) is 3.87. The van der Waals surface area contributed by atoms with Crippen molar-refractivity contribution in [2.75, 3.05) is 18.9 Å². The van der Waals surface area contributed by atoms with Gasteiger partial charge in [0.15, 0.2) is 0 Å². The van der Waals surface area contributed by atoms with Crippen LogP contribution in [-0.4, -0.2) is 19.5 Å². The summed E-state index contributed by atoms with van der Waals surface area (Å²) in [4.78, 5) is 12.1. The van der Waals surface area contributed by atoms with Crippen LogP contribution in [0.2, 0.25) is 0 Å². The number of benzene rings is 1. The maximum absolute atomic E-state index is 13.6. The first-order chi connectivity index (χ1) is 9.12. The monoisotopic (exact) mass is 264 g/mol. The lowest BCUT2D eigenvalue weighted by Crippen LogP contribution is -2.30. The van der Waals surface area contributed by atoms with E-state index in [4.69, 9.17) is 0 Å². The third-order valence-corrected chi connectivity index (χ3v) is 3.87. The molecule has 1 aromatic rings. The highest BCUT2D eigenvalue weighted by Gasteiger charge is 2.41. The van der Waals surface area contributed by atoms with Crippen LogP contribution in [0.15, 0.2) is 18.2 Å². The lowest BCUT2D eigenvalue weighted by molar-refractivity contribution is 0.0944. The van der Waals surface area contributed by atoms with Crippen molar-refractivity contribution in [2.24, 2.45) is 5.41 Å². The Bertz CT molecular complexity index is 469. The fourth-order valence-corrected chi connectivity index (χ4v) is 2.55. The summed E-state index contributed by atoms with van der Waals surface area (Å²) in [5.74, 6) is -0.601. The van der Waals surface area contributed by atoms with Crippen molar-refractivity contribution in [3.63, 3.8) is 0 Å². The lowest BCUT2D eigenvalue weighted by Gasteiger charge is -2.16. The average molecular weight is 264 g/mol. The minimum atomic E-state index is -0.398. The van der Waals surface area contributed by atoms with Gasteiger partial charge in [0.25, 0.3) is 5.91 Å². The number of carbonyl (C=O) groups excluding carboxylic acids is 1. The zero-order valence-corrected chi connectivity index (χ0v) is 11.6. The molecule has 19 heavy (non-hydrogen) atoms. The van der Waals surface area contributed by atoms with Crippen molar-refractivity contribution < 1.29 is 9.18 Å². The molecule has 2 N–H and O–H groups in total. The smallest absolute Gasteiger partial charge is 0.253 e. The van der Waals surface area contributed by atoms with Gasteiger partial charge in [-0.2, -0.15) is 0 Å². The number of anilines is 1. The maximum Gasteiger partial charge on any atom is 0.253 e. The fourth-order valence-electron chi connectivity index (χ4n) is 2.55. The lowest BCUT2D eigenvalue weighted by atomic mass is 10.0. The second kappa shape index (κ2) is 5.59. The van der Waals surface area contributed by atoms with Gasteiger partial charge in [0, 0.05) is 13.6 Å². The molecule has 0 bridgehead atoms. The number of para-hydroxylation sites is 1. The van der Waals surface area contributed by atoms with Gasteiger partial charge >= 0.3 is 0 Å². The van der Waals surface area contributed by atoms with E-state index >= 15 is 0 Å². The van der Waals surface area contributed by atoms with Crippen LogP contribution >= 0.6 is 0 Å². The Morgan fingerprint density at radius 1 is 1.42 bits per heavy atom. The normalized spacial score (nSPS) is 15.9. The Labute approximate surface area is 113 Å². The van der Waals surface area contributed by atoms with Crippen molar-refractivity contribution >= 4 is 11.6 Å². The molecule has 0 aliphatic heterocycles. The van der Waals surface area contributed by atoms with Crippen molar-refractivity contribution in [3.8, 4) is 0 Å². The summed E-state index contributed by atoms with van der Waals surface area (Å²) in [5.41, 5.74) is 0.938. The fraction of sp³-hybridized carbons (Fsp3) is 0.533. The van der Waals surface area contributed by atoms with Crippen molar-refractivity contribution in [3.05, 3.63) is 29.6 Å². The van der Waals surface area contributed by atoms with E-state index in [1.165, 1.54) is 18.9 Å². The minimum absolute atomic E-state index is 0.203. The molecule has 2 rings (SSSR count). The average Bonchev–Trinajstić information content (AvgIpc) is 3.16. The predicted molar refractivity (Wildman–Crippen MR) is 74.9 cm³/mol. The van der Waals surface area contributed by atoms with E-state index in [9.17, 15) is 9.18 Å². The number of nitrogens with one attached hydrogen (secondary N) is 2. The van der Waals surface area contributed by atoms with Gasteiger partial charge in [-0.15, -0.1) is 0 Å². The number of hydrogen-bond acceptors (Lipinski definition) is 2. The molecular formula is C15H21FN2O. The SMILES string of the molecule is CCCC1(CNC(=O)c2cccc(F)c2NC)CC1. The highest BCUT2D eigenvalue weighted by atomic mass is 19.1. The first kappa shape index (κ1) is 13.8. The van der Waals surface area contributed by atoms with Crippen LogP contribution in [0.25, 0.3) is 0 Å². The molecule has 1 aliphatic rings. The second-order valence-corrected chi connectivity index (χ2v) is 5.35. The highest BCUT2D eigenvalue weighted by molar-refractivity contribution is 5.99. The molecule has 0 spiro atoms. The highest BCUT2D eigenvalue weighted by Crippen LogP contribution is 2.48. The molecule has 4 heteroatoms. The summed E-state index contributed by atoms with van der Waals surface area (Å²) < 4.78 is 13.6. The van der Waals surface area contributed by atoms with Gasteiger partial charge in [0.2, 0.25) is 0 Å². The molecule has 1 saturated carbocycles. The minimum Gasteiger partial charge on any atom is -0.385 e. The van der Waals surface area contributed by atoms with Gasteiger partial charge in [-0.1, -0.05) is 19.4 Å². The molecule has 0 saturated heterocycles. The number of amides is 1. The zero-order valence-electron chi connectivity index (χ0n) is 11.6. The Hall–Kier alpha value is -1.58. The van der Waals surface area contributed by atoms with Crippen molar-refractivity contribution in [1.82, 2.24) is 5.32 Å². The summed E-state index contributed by atoms with van der Waals surface area (Å²) in [5, 5.41) is 5.69. The van der Waals surface area contributed by atoms with E-state index in [1.54, 1.807) is 19.2 Å². The van der Waals surface area contributed by atoms with Gasteiger partial charge in [-0.05, 0) is 36.8 Å². The first-order valence-corrected chi connectivity index (χ1v) is 6.86. The molecule has 1 aromatic carbocycles. The molecule has 0 unspecified atom stereocenters. The van der Waals surface area contributed by atoms with Gasteiger partial charge in [0.1, 0.15) is 5.82 Å². The molecule has 1 fully saturated rings. The van der Waals surface area contributed by atoms with E-state index in [0.29, 0.717) is 17.5 Å². The molecule has 1 aliphatic carbocycles. The molecule has 1 amide bonds. The van der Waals surface area contributed by atoms with Crippen LogP contribution in [-0.2, 0) is 0 Å². The molecule has 0 aromatic heterocycles. The summed E-state index contributed by atoms with van der Waals surface area (Å²) in [7, 11) is 1.62. The van der Waals surface area contributed by atoms with Crippen LogP contribution < -0.4 is 10.6 Å². The van der Waals surface area contributed by atoms with Crippen LogP contribution in [0.3, 0.4) is 0 Å². The maximum atomic E-state index is 13.6. The summed E-state index contributed by atoms with van der Waals surface area (Å²) in [6.45, 7) is 2.85. The van der Waals surface area contributed by atoms with Gasteiger partial charge in [-0.3, -0.25) is 4.79 Å². The Balaban J connectivity index is 2.02. The summed E-state index contributed by atoms with van der Waals surface area (Å²) in [6.07, 6.45) is 4.65. The van der Waals surface area contributed by atoms with E-state index < -0.39 is 5.82 Å². The van der Waals surface area contributed by atoms with Gasteiger partial charge in [-0.25, -0.2) is 4.39 Å². The van der Waals surface area contributed by atoms with Crippen molar-refractivity contribution in [1.29, 1.82) is 0 Å². The summed E-state index contributed by atoms with van der Waals surface area (Å²) in [6, 6.07) is 4.55. The predicted octanol–water partition coefficient (Wildman–Crippen LogP) is 3.18. The van der Waals surface area contributed by atoms with Gasteiger partial charge in [0.05, 0.1) is 11.3 Å². The van der Waals surface area contributed by atoms with E-state index in [0.717, 1.165) is 12.8 Å². The largest absolute Gasteiger partial charge is 0.385 e. The molecular weight excluding hydrogens is 243 g/mol. The van der Waals surface area contributed by atoms with Crippen LogP contribution in [0.5, 0.6) is 0 Å². The molecule has 104 valence electrons. The zero-order chi connectivity index (χ0) is 13.9. The molecule has 0 atom stereocenters. The van der Waals surface area contributed by atoms with E-state index in [1.807, 2.05) is 0 Å². The number of carbonyl (C=O) groups is 1. The van der Waals surface area contributed by atoms with Crippen LogP contribution in [0, 0.1) is 11.2 Å². The first-order valence-electron chi connectivity index (χ1n) is 6.86. The molecule has 3 nitrogen and oxygen atoms in total. The molecule has 0 radical (unpaired) electrons. The van der Waals surface area contributed by atoms with E-state index in [2.05, 4.69) is 17.6 Å². The van der Waals surface area contributed by atoms with E-state index in [-0.39, 0.29) is 11.6 Å². The Morgan fingerprint density at radius 2 is 2.16 bits per heavy atom. The molecule has 0 heterocycles. The number of hydrogen-bond donors (Lipinski definition) is 2. The Morgan fingerprint density at radius 3 is 2.74 bits per heavy atom. The standard InChI is InChI=1S/C15H21FN2O/c1-3-7-15(8-9-15)10-18-14(19)11-5-4-6-12(16)13(11)17-2/h4-6,17H,3,7-10H2,1-2H3,(H,18,19). The van der Waals surface area contributed by atoms with Crippen LogP contribution in [0.4, 0.5) is 10.1 Å². The number of rotatable bonds is 6. The topological polar surface area (TPSA) is 41.1 Å². The Kier molecular flexibility index (Phi) is 4.08. The van der Waals surface area contributed by atoms with Crippen molar-refractivity contribution in [2.45, 2.75) is 32.6 Å². The van der Waals surface area contributed by atoms with Gasteiger partial charge < -0.3 is 10.6 Å². The number of halogens is 1. The van der Waals surface area contributed by atoms with Crippen LogP contribution in [0.1, 0.15) is 43.0 Å².